The van der Waals surface area contributed by atoms with E-state index < -0.39 is 0 Å². The maximum atomic E-state index is 9.81. The molecule has 0 bridgehead atoms. The normalized spacial score (nSPS) is 18.6. The van der Waals surface area contributed by atoms with Crippen LogP contribution in [0, 0.1) is 11.3 Å². The largest absolute Gasteiger partial charge is 0.383 e. The van der Waals surface area contributed by atoms with Crippen molar-refractivity contribution in [1.82, 2.24) is 15.0 Å². The van der Waals surface area contributed by atoms with Crippen LogP contribution in [-0.2, 0) is 17.6 Å². The van der Waals surface area contributed by atoms with Crippen molar-refractivity contribution in [1.29, 1.82) is 5.26 Å². The summed E-state index contributed by atoms with van der Waals surface area (Å²) in [7, 11) is 0. The molecule has 2 aromatic rings. The number of aryl methyl sites for hydroxylation is 1. The molecule has 28 heavy (non-hydrogen) atoms. The maximum absolute atomic E-state index is 9.81. The van der Waals surface area contributed by atoms with Crippen LogP contribution in [0.4, 0.5) is 5.82 Å². The fourth-order valence-corrected chi connectivity index (χ4v) is 4.06. The number of rotatable bonds is 5. The van der Waals surface area contributed by atoms with Gasteiger partial charge in [0, 0.05) is 48.2 Å². The summed E-state index contributed by atoms with van der Waals surface area (Å²) in [6, 6.07) is 2.27. The van der Waals surface area contributed by atoms with Gasteiger partial charge in [-0.05, 0) is 38.7 Å². The van der Waals surface area contributed by atoms with Crippen LogP contribution in [0.3, 0.4) is 0 Å². The van der Waals surface area contributed by atoms with Gasteiger partial charge in [-0.3, -0.25) is 0 Å². The molecule has 3 rings (SSSR count). The van der Waals surface area contributed by atoms with E-state index in [1.807, 2.05) is 6.92 Å². The first-order chi connectivity index (χ1) is 13.4. The molecule has 2 aromatic heterocycles. The molecule has 1 aliphatic heterocycles. The summed E-state index contributed by atoms with van der Waals surface area (Å²) >= 11 is 0. The quantitative estimate of drug-likeness (QED) is 0.837. The van der Waals surface area contributed by atoms with Crippen molar-refractivity contribution in [2.24, 2.45) is 0 Å². The smallest absolute Gasteiger partial charge is 0.142 e. The van der Waals surface area contributed by atoms with Gasteiger partial charge in [0.15, 0.2) is 0 Å². The zero-order valence-electron chi connectivity index (χ0n) is 17.2. The molecule has 1 saturated heterocycles. The number of nitrogens with two attached hydrogens (primary N) is 1. The molecule has 1 unspecified atom stereocenters. The van der Waals surface area contributed by atoms with Gasteiger partial charge in [-0.15, -0.1) is 0 Å². The first kappa shape index (κ1) is 20.2. The second kappa shape index (κ2) is 8.24. The average Bonchev–Trinajstić information content (AvgIpc) is 2.68. The fraction of sp³-hybridized carbons (Fsp3) is 0.545. The number of aromatic nitrogens is 3. The lowest BCUT2D eigenvalue weighted by Gasteiger charge is -2.36. The molecule has 6 heteroatoms. The molecule has 0 radical (unpaired) electrons. The molecular weight excluding hydrogens is 350 g/mol. The van der Waals surface area contributed by atoms with Crippen molar-refractivity contribution in [3.63, 3.8) is 0 Å². The Labute approximate surface area is 167 Å². The van der Waals surface area contributed by atoms with Crippen LogP contribution in [0.15, 0.2) is 12.4 Å². The van der Waals surface area contributed by atoms with E-state index in [1.165, 1.54) is 0 Å². The van der Waals surface area contributed by atoms with Gasteiger partial charge in [0.1, 0.15) is 23.3 Å². The van der Waals surface area contributed by atoms with E-state index >= 15 is 0 Å². The highest BCUT2D eigenvalue weighted by molar-refractivity contribution is 5.78. The predicted octanol–water partition coefficient (Wildman–Crippen LogP) is 4.18. The van der Waals surface area contributed by atoms with Crippen LogP contribution < -0.4 is 5.73 Å². The van der Waals surface area contributed by atoms with Crippen molar-refractivity contribution in [3.05, 3.63) is 35.0 Å². The molecule has 0 saturated carbocycles. The third-order valence-corrected chi connectivity index (χ3v) is 5.36. The minimum atomic E-state index is -0.192. The first-order valence-electron chi connectivity index (χ1n) is 10.1. The number of nitriles is 1. The van der Waals surface area contributed by atoms with Crippen LogP contribution >= 0.6 is 0 Å². The highest BCUT2D eigenvalue weighted by Gasteiger charge is 2.33. The standard InChI is InChI=1S/C22H29N5O/c1-5-7-16-19(15-12-25-18(6-2)26-13-15)17(11-23)21(24)27-20(16)14-8-9-28-22(3,4)10-14/h12-14H,5-10H2,1-4H3,(H2,24,27). The topological polar surface area (TPSA) is 97.7 Å². The molecule has 3 heterocycles. The Balaban J connectivity index is 2.21. The van der Waals surface area contributed by atoms with Crippen LogP contribution in [0.1, 0.15) is 75.5 Å². The van der Waals surface area contributed by atoms with Crippen molar-refractivity contribution in [2.75, 3.05) is 12.3 Å². The van der Waals surface area contributed by atoms with Gasteiger partial charge < -0.3 is 10.5 Å². The molecule has 1 atom stereocenters. The Morgan fingerprint density at radius 2 is 2.00 bits per heavy atom. The van der Waals surface area contributed by atoms with Gasteiger partial charge in [-0.2, -0.15) is 5.26 Å². The van der Waals surface area contributed by atoms with Crippen LogP contribution in [0.25, 0.3) is 11.1 Å². The highest BCUT2D eigenvalue weighted by Crippen LogP contribution is 2.41. The highest BCUT2D eigenvalue weighted by atomic mass is 16.5. The fourth-order valence-electron chi connectivity index (χ4n) is 4.06. The minimum absolute atomic E-state index is 0.192. The zero-order valence-corrected chi connectivity index (χ0v) is 17.2. The third kappa shape index (κ3) is 4.00. The Morgan fingerprint density at radius 1 is 1.29 bits per heavy atom. The Hall–Kier alpha value is -2.52. The molecule has 1 fully saturated rings. The summed E-state index contributed by atoms with van der Waals surface area (Å²) < 4.78 is 5.90. The summed E-state index contributed by atoms with van der Waals surface area (Å²) in [5, 5.41) is 9.81. The van der Waals surface area contributed by atoms with Crippen LogP contribution in [-0.4, -0.2) is 27.2 Å². The molecule has 0 amide bonds. The lowest BCUT2D eigenvalue weighted by molar-refractivity contribution is -0.0598. The molecular formula is C22H29N5O. The zero-order chi connectivity index (χ0) is 20.3. The third-order valence-electron chi connectivity index (χ3n) is 5.36. The van der Waals surface area contributed by atoms with Crippen LogP contribution in [0.2, 0.25) is 0 Å². The first-order valence-corrected chi connectivity index (χ1v) is 10.1. The minimum Gasteiger partial charge on any atom is -0.383 e. The number of hydrogen-bond acceptors (Lipinski definition) is 6. The monoisotopic (exact) mass is 379 g/mol. The van der Waals surface area contributed by atoms with E-state index in [4.69, 9.17) is 15.5 Å². The summed E-state index contributed by atoms with van der Waals surface area (Å²) in [4.78, 5) is 13.6. The second-order valence-corrected chi connectivity index (χ2v) is 8.01. The number of pyridine rings is 1. The Kier molecular flexibility index (Phi) is 5.95. The van der Waals surface area contributed by atoms with Crippen molar-refractivity contribution >= 4 is 5.82 Å². The van der Waals surface area contributed by atoms with Crippen molar-refractivity contribution in [3.8, 4) is 17.2 Å². The number of anilines is 1. The van der Waals surface area contributed by atoms with Gasteiger partial charge in [-0.1, -0.05) is 20.3 Å². The lowest BCUT2D eigenvalue weighted by atomic mass is 9.81. The van der Waals surface area contributed by atoms with E-state index in [-0.39, 0.29) is 17.3 Å². The summed E-state index contributed by atoms with van der Waals surface area (Å²) in [6.07, 6.45) is 7.96. The van der Waals surface area contributed by atoms with E-state index in [0.717, 1.165) is 60.3 Å². The molecule has 2 N–H and O–H groups in total. The molecule has 0 aliphatic carbocycles. The van der Waals surface area contributed by atoms with Crippen molar-refractivity contribution < 1.29 is 4.74 Å². The molecule has 6 nitrogen and oxygen atoms in total. The van der Waals surface area contributed by atoms with E-state index in [0.29, 0.717) is 12.2 Å². The Bertz CT molecular complexity index is 883. The van der Waals surface area contributed by atoms with Gasteiger partial charge in [0.2, 0.25) is 0 Å². The second-order valence-electron chi connectivity index (χ2n) is 8.01. The van der Waals surface area contributed by atoms with E-state index in [9.17, 15) is 5.26 Å². The summed E-state index contributed by atoms with van der Waals surface area (Å²) in [5.74, 6) is 1.33. The van der Waals surface area contributed by atoms with Crippen molar-refractivity contribution in [2.45, 2.75) is 71.3 Å². The number of nitrogen functional groups attached to an aromatic ring is 1. The molecule has 1 aliphatic rings. The Morgan fingerprint density at radius 3 is 2.57 bits per heavy atom. The van der Waals surface area contributed by atoms with E-state index in [2.05, 4.69) is 36.8 Å². The predicted molar refractivity (Wildman–Crippen MR) is 110 cm³/mol. The number of ether oxygens (including phenoxy) is 1. The van der Waals surface area contributed by atoms with Gasteiger partial charge in [0.25, 0.3) is 0 Å². The molecule has 0 spiro atoms. The molecule has 0 aromatic carbocycles. The summed E-state index contributed by atoms with van der Waals surface area (Å²) in [5.41, 5.74) is 10.3. The maximum Gasteiger partial charge on any atom is 0.142 e. The number of nitrogens with zero attached hydrogens (tertiary/aromatic N) is 4. The van der Waals surface area contributed by atoms with E-state index in [1.54, 1.807) is 12.4 Å². The van der Waals surface area contributed by atoms with Gasteiger partial charge in [-0.25, -0.2) is 15.0 Å². The molecule has 148 valence electrons. The average molecular weight is 380 g/mol. The van der Waals surface area contributed by atoms with Gasteiger partial charge in [0.05, 0.1) is 5.60 Å². The van der Waals surface area contributed by atoms with Gasteiger partial charge >= 0.3 is 0 Å². The number of hydrogen-bond donors (Lipinski definition) is 1. The SMILES string of the molecule is CCCc1c(C2CCOC(C)(C)C2)nc(N)c(C#N)c1-c1cnc(CC)nc1. The van der Waals surface area contributed by atoms with Crippen LogP contribution in [0.5, 0.6) is 0 Å². The summed E-state index contributed by atoms with van der Waals surface area (Å²) in [6.45, 7) is 9.09. The lowest BCUT2D eigenvalue weighted by Crippen LogP contribution is -2.33.